The molecule has 10 heteroatoms. The third-order valence-electron chi connectivity index (χ3n) is 8.54. The number of likely N-dealkylation sites (tertiary alicyclic amines) is 2. The number of aryl methyl sites for hydroxylation is 1. The Bertz CT molecular complexity index is 1440. The van der Waals surface area contributed by atoms with E-state index in [1.165, 1.54) is 18.3 Å². The molecule has 0 saturated carbocycles. The Hall–Kier alpha value is -4.05. The summed E-state index contributed by atoms with van der Waals surface area (Å²) in [5.41, 5.74) is 3.48. The zero-order valence-electron chi connectivity index (χ0n) is 24.7. The molecule has 2 aliphatic rings. The molecule has 2 aliphatic heterocycles. The molecule has 0 radical (unpaired) electrons. The van der Waals surface area contributed by atoms with E-state index in [1.54, 1.807) is 29.2 Å². The molecule has 0 bridgehead atoms. The molecule has 2 saturated heterocycles. The average molecular weight is 608 g/mol. The lowest BCUT2D eigenvalue weighted by molar-refractivity contribution is -0.274. The molecule has 7 nitrogen and oxygen atoms in total. The van der Waals surface area contributed by atoms with E-state index in [1.807, 2.05) is 31.2 Å². The molecule has 5 rings (SSSR count). The average Bonchev–Trinajstić information content (AvgIpc) is 3.02. The van der Waals surface area contributed by atoms with Gasteiger partial charge in [-0.15, -0.1) is 13.2 Å². The Kier molecular flexibility index (Phi) is 9.78. The number of rotatable bonds is 9. The zero-order valence-corrected chi connectivity index (χ0v) is 24.7. The lowest BCUT2D eigenvalue weighted by Crippen LogP contribution is -2.40. The summed E-state index contributed by atoms with van der Waals surface area (Å²) >= 11 is 0. The summed E-state index contributed by atoms with van der Waals surface area (Å²) in [6.07, 6.45) is 0.0637. The number of carbonyl (C=O) groups is 3. The highest BCUT2D eigenvalue weighted by Gasteiger charge is 2.31. The number of alkyl halides is 3. The van der Waals surface area contributed by atoms with Crippen molar-refractivity contribution in [1.29, 1.82) is 0 Å². The molecule has 1 aromatic heterocycles. The van der Waals surface area contributed by atoms with Crippen molar-refractivity contribution in [3.05, 3.63) is 94.8 Å². The van der Waals surface area contributed by atoms with Gasteiger partial charge in [-0.05, 0) is 81.4 Å². The van der Waals surface area contributed by atoms with Gasteiger partial charge in [-0.25, -0.2) is 0 Å². The summed E-state index contributed by atoms with van der Waals surface area (Å²) in [5, 5.41) is 0. The van der Waals surface area contributed by atoms with Crippen LogP contribution in [0.15, 0.2) is 66.9 Å². The van der Waals surface area contributed by atoms with Gasteiger partial charge < -0.3 is 9.64 Å². The number of pyridine rings is 1. The maximum Gasteiger partial charge on any atom is 0.573 e. The largest absolute Gasteiger partial charge is 0.573 e. The van der Waals surface area contributed by atoms with E-state index in [2.05, 4.69) is 14.6 Å². The van der Waals surface area contributed by atoms with Crippen molar-refractivity contribution in [2.75, 3.05) is 26.2 Å². The van der Waals surface area contributed by atoms with Gasteiger partial charge in [-0.3, -0.25) is 24.3 Å². The van der Waals surface area contributed by atoms with E-state index in [9.17, 15) is 27.6 Å². The number of carbonyl (C=O) groups excluding carboxylic acids is 3. The van der Waals surface area contributed by atoms with Crippen LogP contribution in [0.25, 0.3) is 0 Å². The summed E-state index contributed by atoms with van der Waals surface area (Å²) in [6.45, 7) is 5.15. The van der Waals surface area contributed by atoms with Gasteiger partial charge in [0.25, 0.3) is 5.91 Å². The van der Waals surface area contributed by atoms with Crippen molar-refractivity contribution >= 4 is 17.5 Å². The summed E-state index contributed by atoms with van der Waals surface area (Å²) in [5.74, 6) is -0.193. The molecule has 232 valence electrons. The minimum absolute atomic E-state index is 0.00867. The predicted octanol–water partition coefficient (Wildman–Crippen LogP) is 6.51. The monoisotopic (exact) mass is 607 g/mol. The van der Waals surface area contributed by atoms with Crippen molar-refractivity contribution in [2.45, 2.75) is 51.9 Å². The van der Waals surface area contributed by atoms with E-state index in [4.69, 9.17) is 0 Å². The second kappa shape index (κ2) is 13.7. The maximum atomic E-state index is 13.1. The van der Waals surface area contributed by atoms with E-state index < -0.39 is 6.36 Å². The van der Waals surface area contributed by atoms with E-state index >= 15 is 0 Å². The van der Waals surface area contributed by atoms with E-state index in [0.717, 1.165) is 37.1 Å². The van der Waals surface area contributed by atoms with Crippen LogP contribution < -0.4 is 4.74 Å². The molecule has 0 spiro atoms. The molecular formula is C34H36F3N3O4. The highest BCUT2D eigenvalue weighted by atomic mass is 19.4. The van der Waals surface area contributed by atoms with Crippen LogP contribution in [0.3, 0.4) is 0 Å². The highest BCUT2D eigenvalue weighted by Crippen LogP contribution is 2.27. The fourth-order valence-corrected chi connectivity index (χ4v) is 5.93. The summed E-state index contributed by atoms with van der Waals surface area (Å²) < 4.78 is 41.0. The number of benzene rings is 2. The lowest BCUT2D eigenvalue weighted by Gasteiger charge is -2.31. The molecule has 44 heavy (non-hydrogen) atoms. The van der Waals surface area contributed by atoms with Crippen molar-refractivity contribution < 1.29 is 32.3 Å². The van der Waals surface area contributed by atoms with Gasteiger partial charge in [0.05, 0.1) is 0 Å². The van der Waals surface area contributed by atoms with Gasteiger partial charge >= 0.3 is 6.36 Å². The van der Waals surface area contributed by atoms with Crippen molar-refractivity contribution in [3.63, 3.8) is 0 Å². The van der Waals surface area contributed by atoms with E-state index in [0.29, 0.717) is 50.0 Å². The Labute approximate surface area is 255 Å². The number of hydrogen-bond acceptors (Lipinski definition) is 6. The summed E-state index contributed by atoms with van der Waals surface area (Å²) in [7, 11) is 0. The van der Waals surface area contributed by atoms with Crippen LogP contribution in [-0.2, 0) is 6.54 Å². The van der Waals surface area contributed by atoms with Crippen LogP contribution in [0.2, 0.25) is 0 Å². The van der Waals surface area contributed by atoms with Gasteiger partial charge in [0.1, 0.15) is 11.4 Å². The highest BCUT2D eigenvalue weighted by molar-refractivity contribution is 5.99. The number of hydrogen-bond donors (Lipinski definition) is 0. The number of Topliss-reactive ketones (excluding diaryl/α,β-unsaturated/α-hetero) is 2. The minimum Gasteiger partial charge on any atom is -0.406 e. The van der Waals surface area contributed by atoms with Gasteiger partial charge in [-0.1, -0.05) is 42.0 Å². The van der Waals surface area contributed by atoms with Crippen molar-refractivity contribution in [2.24, 2.45) is 11.8 Å². The number of amides is 1. The first-order valence-corrected chi connectivity index (χ1v) is 15.0. The molecular weight excluding hydrogens is 571 g/mol. The first kappa shape index (κ1) is 31.4. The minimum atomic E-state index is -4.71. The van der Waals surface area contributed by atoms with Gasteiger partial charge in [0.2, 0.25) is 0 Å². The molecule has 0 atom stereocenters. The smallest absolute Gasteiger partial charge is 0.406 e. The third-order valence-corrected chi connectivity index (χ3v) is 8.54. The first-order valence-electron chi connectivity index (χ1n) is 15.0. The fraction of sp³-hybridized carbons (Fsp3) is 0.412. The molecule has 2 fully saturated rings. The SMILES string of the molecule is Cc1ccc(C(=O)C2CCN(C(=O)c3ccc(C(=O)CC4CCN(Cc5ccc(OC(F)(F)F)cc5)CC4)cn3)CC2)cc1. The van der Waals surface area contributed by atoms with Crippen LogP contribution in [-0.4, -0.2) is 64.8 Å². The quantitative estimate of drug-likeness (QED) is 0.258. The predicted molar refractivity (Wildman–Crippen MR) is 158 cm³/mol. The van der Waals surface area contributed by atoms with Gasteiger partial charge in [-0.2, -0.15) is 0 Å². The number of halogens is 3. The molecule has 0 aliphatic carbocycles. The van der Waals surface area contributed by atoms with Gasteiger partial charge in [0, 0.05) is 49.3 Å². The lowest BCUT2D eigenvalue weighted by atomic mass is 9.88. The molecule has 0 unspecified atom stereocenters. The van der Waals surface area contributed by atoms with Crippen LogP contribution in [0, 0.1) is 18.8 Å². The van der Waals surface area contributed by atoms with Crippen molar-refractivity contribution in [3.8, 4) is 5.75 Å². The molecule has 0 N–H and O–H groups in total. The van der Waals surface area contributed by atoms with Crippen LogP contribution in [0.5, 0.6) is 5.75 Å². The van der Waals surface area contributed by atoms with Crippen LogP contribution in [0.1, 0.15) is 74.4 Å². The molecule has 3 aromatic rings. The summed E-state index contributed by atoms with van der Waals surface area (Å²) in [4.78, 5) is 47.1. The zero-order chi connectivity index (χ0) is 31.3. The normalized spacial score (nSPS) is 17.0. The number of piperidine rings is 2. The number of ether oxygens (including phenoxy) is 1. The Morgan fingerprint density at radius 3 is 2.07 bits per heavy atom. The molecule has 3 heterocycles. The standard InChI is InChI=1S/C34H36F3N3O4/c1-23-2-6-26(7-3-23)32(42)27-14-18-40(19-15-27)33(43)30-11-8-28(21-38-30)31(41)20-24-12-16-39(17-13-24)22-25-4-9-29(10-5-25)44-34(35,36)37/h2-11,21,24,27H,12-20,22H2,1H3. The van der Waals surface area contributed by atoms with E-state index in [-0.39, 0.29) is 40.8 Å². The van der Waals surface area contributed by atoms with Crippen LogP contribution >= 0.6 is 0 Å². The fourth-order valence-electron chi connectivity index (χ4n) is 5.93. The Morgan fingerprint density at radius 2 is 1.48 bits per heavy atom. The Balaban J connectivity index is 1.05. The van der Waals surface area contributed by atoms with Crippen LogP contribution in [0.4, 0.5) is 13.2 Å². The topological polar surface area (TPSA) is 79.8 Å². The maximum absolute atomic E-state index is 13.1. The molecule has 2 aromatic carbocycles. The second-order valence-electron chi connectivity index (χ2n) is 11.8. The molecule has 1 amide bonds. The van der Waals surface area contributed by atoms with Crippen molar-refractivity contribution in [1.82, 2.24) is 14.8 Å². The summed E-state index contributed by atoms with van der Waals surface area (Å²) in [6, 6.07) is 16.8. The third kappa shape index (κ3) is 8.31. The number of nitrogens with zero attached hydrogens (tertiary/aromatic N) is 3. The Morgan fingerprint density at radius 1 is 0.841 bits per heavy atom. The number of ketones is 2. The number of aromatic nitrogens is 1. The first-order chi connectivity index (χ1) is 21.0. The second-order valence-corrected chi connectivity index (χ2v) is 11.8. The van der Waals surface area contributed by atoms with Gasteiger partial charge in [0.15, 0.2) is 11.6 Å².